The van der Waals surface area contributed by atoms with Gasteiger partial charge in [0.15, 0.2) is 17.5 Å². The summed E-state index contributed by atoms with van der Waals surface area (Å²) in [6.07, 6.45) is 0. The molecule has 0 spiro atoms. The van der Waals surface area contributed by atoms with Crippen LogP contribution in [0.4, 0.5) is 24.5 Å². The number of halogens is 4. The normalized spacial score (nSPS) is 10.4. The number of carbonyl (C=O) groups is 1. The van der Waals surface area contributed by atoms with Gasteiger partial charge in [0.1, 0.15) is 0 Å². The average molecular weight is 301 g/mol. The van der Waals surface area contributed by atoms with Crippen molar-refractivity contribution in [2.45, 2.75) is 0 Å². The molecule has 0 aliphatic heterocycles. The molecule has 3 N–H and O–H groups in total. The molecule has 0 radical (unpaired) electrons. The minimum absolute atomic E-state index is 0.168. The van der Waals surface area contributed by atoms with Gasteiger partial charge in [0, 0.05) is 11.3 Å². The van der Waals surface area contributed by atoms with E-state index in [4.69, 9.17) is 17.3 Å². The zero-order valence-corrected chi connectivity index (χ0v) is 10.6. The summed E-state index contributed by atoms with van der Waals surface area (Å²) in [4.78, 5) is 11.8. The van der Waals surface area contributed by atoms with Crippen LogP contribution in [0.5, 0.6) is 0 Å². The summed E-state index contributed by atoms with van der Waals surface area (Å²) >= 11 is 5.85. The van der Waals surface area contributed by atoms with E-state index in [0.717, 1.165) is 0 Å². The first-order valence-corrected chi connectivity index (χ1v) is 5.77. The van der Waals surface area contributed by atoms with Crippen molar-refractivity contribution in [3.63, 3.8) is 0 Å². The highest BCUT2D eigenvalue weighted by Crippen LogP contribution is 2.25. The number of nitrogen functional groups attached to an aromatic ring is 1. The fraction of sp³-hybridized carbons (Fsp3) is 0. The van der Waals surface area contributed by atoms with Gasteiger partial charge in [0.2, 0.25) is 0 Å². The van der Waals surface area contributed by atoms with E-state index in [2.05, 4.69) is 5.32 Å². The zero-order chi connectivity index (χ0) is 14.9. The molecule has 20 heavy (non-hydrogen) atoms. The number of nitrogens with one attached hydrogen (secondary N) is 1. The number of anilines is 2. The molecule has 0 unspecified atom stereocenters. The van der Waals surface area contributed by atoms with Crippen LogP contribution in [0.25, 0.3) is 0 Å². The van der Waals surface area contributed by atoms with Crippen molar-refractivity contribution in [1.82, 2.24) is 0 Å². The summed E-state index contributed by atoms with van der Waals surface area (Å²) in [5, 5.41) is 2.51. The number of nitrogens with two attached hydrogens (primary N) is 1. The van der Waals surface area contributed by atoms with E-state index < -0.39 is 23.4 Å². The molecular formula is C13H8ClF3N2O. The molecule has 0 saturated heterocycles. The molecule has 3 nitrogen and oxygen atoms in total. The molecule has 104 valence electrons. The molecule has 2 aromatic carbocycles. The standard InChI is InChI=1S/C13H8ClF3N2O/c14-8-5-7(18)1-2-11(8)19-13(20)6-3-9(15)12(17)10(16)4-6/h1-5H,18H2,(H,19,20). The van der Waals surface area contributed by atoms with E-state index >= 15 is 0 Å². The minimum Gasteiger partial charge on any atom is -0.399 e. The SMILES string of the molecule is Nc1ccc(NC(=O)c2cc(F)c(F)c(F)c2)c(Cl)c1. The second-order valence-corrected chi connectivity index (χ2v) is 4.35. The lowest BCUT2D eigenvalue weighted by Crippen LogP contribution is -2.13. The van der Waals surface area contributed by atoms with E-state index in [1.807, 2.05) is 0 Å². The Labute approximate surface area is 117 Å². The molecule has 0 saturated carbocycles. The number of rotatable bonds is 2. The monoisotopic (exact) mass is 300 g/mol. The molecule has 0 fully saturated rings. The number of carbonyl (C=O) groups excluding carboxylic acids is 1. The molecule has 0 aliphatic rings. The lowest BCUT2D eigenvalue weighted by molar-refractivity contribution is 0.102. The molecule has 2 aromatic rings. The van der Waals surface area contributed by atoms with Gasteiger partial charge >= 0.3 is 0 Å². The maximum absolute atomic E-state index is 13.0. The predicted octanol–water partition coefficient (Wildman–Crippen LogP) is 3.59. The van der Waals surface area contributed by atoms with Crippen molar-refractivity contribution in [3.05, 3.63) is 58.4 Å². The summed E-state index contributed by atoms with van der Waals surface area (Å²) in [7, 11) is 0. The molecule has 0 aromatic heterocycles. The lowest BCUT2D eigenvalue weighted by Gasteiger charge is -2.08. The largest absolute Gasteiger partial charge is 0.399 e. The van der Waals surface area contributed by atoms with Crippen LogP contribution in [0.3, 0.4) is 0 Å². The first-order valence-electron chi connectivity index (χ1n) is 5.39. The number of hydrogen-bond acceptors (Lipinski definition) is 2. The third kappa shape index (κ3) is 2.85. The Balaban J connectivity index is 2.28. The summed E-state index contributed by atoms with van der Waals surface area (Å²) in [5.41, 5.74) is 5.74. The van der Waals surface area contributed by atoms with Crippen molar-refractivity contribution in [2.24, 2.45) is 0 Å². The highest BCUT2D eigenvalue weighted by Gasteiger charge is 2.15. The van der Waals surface area contributed by atoms with E-state index in [1.54, 1.807) is 0 Å². The molecule has 2 rings (SSSR count). The molecular weight excluding hydrogens is 293 g/mol. The molecule has 1 amide bonds. The van der Waals surface area contributed by atoms with E-state index in [-0.39, 0.29) is 16.3 Å². The molecule has 0 aliphatic carbocycles. The molecule has 0 heterocycles. The zero-order valence-electron chi connectivity index (χ0n) is 9.88. The number of hydrogen-bond donors (Lipinski definition) is 2. The Bertz CT molecular complexity index is 668. The van der Waals surface area contributed by atoms with Gasteiger partial charge in [0.05, 0.1) is 10.7 Å². The van der Waals surface area contributed by atoms with Crippen molar-refractivity contribution >= 4 is 28.9 Å². The van der Waals surface area contributed by atoms with Gasteiger partial charge in [-0.15, -0.1) is 0 Å². The van der Waals surface area contributed by atoms with E-state index in [0.29, 0.717) is 17.8 Å². The van der Waals surface area contributed by atoms with Crippen molar-refractivity contribution in [2.75, 3.05) is 11.1 Å². The summed E-state index contributed by atoms with van der Waals surface area (Å²) in [6, 6.07) is 5.53. The minimum atomic E-state index is -1.63. The van der Waals surface area contributed by atoms with Crippen molar-refractivity contribution in [1.29, 1.82) is 0 Å². The molecule has 0 bridgehead atoms. The van der Waals surface area contributed by atoms with Gasteiger partial charge in [-0.1, -0.05) is 11.6 Å². The highest BCUT2D eigenvalue weighted by molar-refractivity contribution is 6.34. The maximum Gasteiger partial charge on any atom is 0.255 e. The van der Waals surface area contributed by atoms with Crippen LogP contribution in [-0.2, 0) is 0 Å². The Morgan fingerprint density at radius 1 is 1.10 bits per heavy atom. The fourth-order valence-corrected chi connectivity index (χ4v) is 1.75. The Kier molecular flexibility index (Phi) is 3.85. The lowest BCUT2D eigenvalue weighted by atomic mass is 10.2. The van der Waals surface area contributed by atoms with Crippen LogP contribution < -0.4 is 11.1 Å². The van der Waals surface area contributed by atoms with Crippen LogP contribution in [0.1, 0.15) is 10.4 Å². The third-order valence-electron chi connectivity index (χ3n) is 2.49. The quantitative estimate of drug-likeness (QED) is 0.658. The summed E-state index contributed by atoms with van der Waals surface area (Å²) in [5.74, 6) is -5.35. The number of amides is 1. The summed E-state index contributed by atoms with van der Waals surface area (Å²) < 4.78 is 38.9. The second kappa shape index (κ2) is 5.42. The Morgan fingerprint density at radius 2 is 1.70 bits per heavy atom. The van der Waals surface area contributed by atoms with Gasteiger partial charge < -0.3 is 11.1 Å². The van der Waals surface area contributed by atoms with E-state index in [1.165, 1.54) is 18.2 Å². The van der Waals surface area contributed by atoms with Crippen LogP contribution in [0, 0.1) is 17.5 Å². The smallest absolute Gasteiger partial charge is 0.255 e. The first kappa shape index (κ1) is 14.2. The summed E-state index contributed by atoms with van der Waals surface area (Å²) in [6.45, 7) is 0. The van der Waals surface area contributed by atoms with Crippen molar-refractivity contribution < 1.29 is 18.0 Å². The van der Waals surface area contributed by atoms with Gasteiger partial charge in [-0.25, -0.2) is 13.2 Å². The third-order valence-corrected chi connectivity index (χ3v) is 2.80. The van der Waals surface area contributed by atoms with Crippen LogP contribution in [0.2, 0.25) is 5.02 Å². The van der Waals surface area contributed by atoms with E-state index in [9.17, 15) is 18.0 Å². The molecule has 0 atom stereocenters. The van der Waals surface area contributed by atoms with Gasteiger partial charge in [-0.3, -0.25) is 4.79 Å². The van der Waals surface area contributed by atoms with Gasteiger partial charge in [0.25, 0.3) is 5.91 Å². The average Bonchev–Trinajstić information content (AvgIpc) is 2.38. The van der Waals surface area contributed by atoms with Crippen LogP contribution in [-0.4, -0.2) is 5.91 Å². The second-order valence-electron chi connectivity index (χ2n) is 3.95. The van der Waals surface area contributed by atoms with Gasteiger partial charge in [-0.2, -0.15) is 0 Å². The predicted molar refractivity (Wildman–Crippen MR) is 70.1 cm³/mol. The van der Waals surface area contributed by atoms with Gasteiger partial charge in [-0.05, 0) is 30.3 Å². The topological polar surface area (TPSA) is 55.1 Å². The highest BCUT2D eigenvalue weighted by atomic mass is 35.5. The Hall–Kier alpha value is -2.21. The Morgan fingerprint density at radius 3 is 2.25 bits per heavy atom. The fourth-order valence-electron chi connectivity index (χ4n) is 1.51. The number of benzene rings is 2. The maximum atomic E-state index is 13.0. The van der Waals surface area contributed by atoms with Crippen LogP contribution in [0.15, 0.2) is 30.3 Å². The molecule has 7 heteroatoms. The first-order chi connectivity index (χ1) is 9.38. The van der Waals surface area contributed by atoms with Crippen LogP contribution >= 0.6 is 11.6 Å². The van der Waals surface area contributed by atoms with Crippen molar-refractivity contribution in [3.8, 4) is 0 Å².